The number of carbonyl (C=O) groups excluding carboxylic acids is 1. The lowest BCUT2D eigenvalue weighted by molar-refractivity contribution is 0.0442. The van der Waals surface area contributed by atoms with E-state index in [4.69, 9.17) is 4.74 Å². The maximum Gasteiger partial charge on any atom is 0.255 e. The van der Waals surface area contributed by atoms with Gasteiger partial charge in [-0.15, -0.1) is 0 Å². The first kappa shape index (κ1) is 15.0. The maximum atomic E-state index is 12.2. The molecule has 2 heterocycles. The number of pyridine rings is 1. The van der Waals surface area contributed by atoms with E-state index in [1.165, 1.54) is 25.7 Å². The van der Waals surface area contributed by atoms with Gasteiger partial charge in [0.05, 0.1) is 30.0 Å². The molecule has 22 heavy (non-hydrogen) atoms. The van der Waals surface area contributed by atoms with Crippen LogP contribution in [0.2, 0.25) is 0 Å². The largest absolute Gasteiger partial charge is 0.376 e. The lowest BCUT2D eigenvalue weighted by Crippen LogP contribution is -2.28. The molecule has 0 radical (unpaired) electrons. The summed E-state index contributed by atoms with van der Waals surface area (Å²) in [4.78, 5) is 12.2. The highest BCUT2D eigenvalue weighted by atomic mass is 16.5. The quantitative estimate of drug-likeness (QED) is 0.682. The molecule has 1 saturated carbocycles. The highest BCUT2D eigenvalue weighted by molar-refractivity contribution is 6.00. The molecule has 3 rings (SSSR count). The van der Waals surface area contributed by atoms with Gasteiger partial charge in [-0.3, -0.25) is 4.79 Å². The molecule has 5 heteroatoms. The number of hydrogen-bond acceptors (Lipinski definition) is 3. The Morgan fingerprint density at radius 2 is 2.09 bits per heavy atom. The van der Waals surface area contributed by atoms with Gasteiger partial charge in [-0.2, -0.15) is 5.10 Å². The number of hydrogen-bond donors (Lipinski definition) is 1. The van der Waals surface area contributed by atoms with Crippen molar-refractivity contribution in [2.75, 3.05) is 13.2 Å². The van der Waals surface area contributed by atoms with Gasteiger partial charge in [0.1, 0.15) is 0 Å². The first-order valence-corrected chi connectivity index (χ1v) is 8.17. The molecule has 0 atom stereocenters. The van der Waals surface area contributed by atoms with Crippen LogP contribution in [0.4, 0.5) is 0 Å². The summed E-state index contributed by atoms with van der Waals surface area (Å²) in [5.41, 5.74) is 1.43. The van der Waals surface area contributed by atoms with Crippen LogP contribution < -0.4 is 5.32 Å². The maximum absolute atomic E-state index is 12.2. The number of fused-ring (bicyclic) bond motifs is 1. The number of nitrogens with zero attached hydrogens (tertiary/aromatic N) is 2. The van der Waals surface area contributed by atoms with Gasteiger partial charge < -0.3 is 10.1 Å². The topological polar surface area (TPSA) is 55.6 Å². The van der Waals surface area contributed by atoms with Crippen LogP contribution in [-0.2, 0) is 4.74 Å². The standard InChI is InChI=1S/C17H23N3O2/c21-17(15-13-19-20-11-6-5-9-16(15)20)18-10-12-22-14-7-3-1-2-4-8-14/h5-6,9,11,13-14H,1-4,7-8,10,12H2,(H,18,21). The van der Waals surface area contributed by atoms with Crippen LogP contribution in [0.15, 0.2) is 30.6 Å². The smallest absolute Gasteiger partial charge is 0.255 e. The van der Waals surface area contributed by atoms with E-state index in [9.17, 15) is 4.79 Å². The average molecular weight is 301 g/mol. The zero-order valence-electron chi connectivity index (χ0n) is 12.8. The summed E-state index contributed by atoms with van der Waals surface area (Å²) >= 11 is 0. The van der Waals surface area contributed by atoms with Crippen molar-refractivity contribution >= 4 is 11.4 Å². The molecule has 0 bridgehead atoms. The number of nitrogens with one attached hydrogen (secondary N) is 1. The Labute approximate surface area is 130 Å². The molecule has 0 aromatic carbocycles. The van der Waals surface area contributed by atoms with E-state index in [1.54, 1.807) is 10.7 Å². The molecule has 118 valence electrons. The van der Waals surface area contributed by atoms with Gasteiger partial charge in [-0.1, -0.05) is 31.7 Å². The van der Waals surface area contributed by atoms with Gasteiger partial charge in [-0.05, 0) is 25.0 Å². The predicted octanol–water partition coefficient (Wildman–Crippen LogP) is 2.80. The van der Waals surface area contributed by atoms with E-state index >= 15 is 0 Å². The fourth-order valence-corrected chi connectivity index (χ4v) is 3.00. The van der Waals surface area contributed by atoms with E-state index in [0.717, 1.165) is 18.4 Å². The van der Waals surface area contributed by atoms with E-state index < -0.39 is 0 Å². The molecule has 1 aliphatic rings. The van der Waals surface area contributed by atoms with E-state index in [-0.39, 0.29) is 5.91 Å². The predicted molar refractivity (Wildman–Crippen MR) is 85.0 cm³/mol. The van der Waals surface area contributed by atoms with Gasteiger partial charge in [0.2, 0.25) is 0 Å². The van der Waals surface area contributed by atoms with Crippen molar-refractivity contribution in [1.82, 2.24) is 14.9 Å². The lowest BCUT2D eigenvalue weighted by Gasteiger charge is -2.15. The molecule has 1 amide bonds. The number of rotatable bonds is 5. The Bertz CT molecular complexity index is 615. The summed E-state index contributed by atoms with van der Waals surface area (Å²) in [5.74, 6) is -0.0920. The summed E-state index contributed by atoms with van der Waals surface area (Å²) in [6, 6.07) is 5.69. The molecule has 0 aliphatic heterocycles. The second-order valence-electron chi connectivity index (χ2n) is 5.83. The molecule has 1 fully saturated rings. The Hall–Kier alpha value is -1.88. The normalized spacial score (nSPS) is 16.5. The molecule has 0 saturated heterocycles. The number of carbonyl (C=O) groups is 1. The van der Waals surface area contributed by atoms with Crippen molar-refractivity contribution in [3.63, 3.8) is 0 Å². The Morgan fingerprint density at radius 3 is 2.91 bits per heavy atom. The third kappa shape index (κ3) is 3.65. The fourth-order valence-electron chi connectivity index (χ4n) is 3.00. The van der Waals surface area contributed by atoms with Crippen LogP contribution in [0.25, 0.3) is 5.52 Å². The van der Waals surface area contributed by atoms with Crippen molar-refractivity contribution in [3.05, 3.63) is 36.2 Å². The Balaban J connectivity index is 1.46. The van der Waals surface area contributed by atoms with Crippen molar-refractivity contribution in [2.24, 2.45) is 0 Å². The van der Waals surface area contributed by atoms with Crippen LogP contribution in [-0.4, -0.2) is 34.8 Å². The van der Waals surface area contributed by atoms with Crippen molar-refractivity contribution in [2.45, 2.75) is 44.6 Å². The summed E-state index contributed by atoms with van der Waals surface area (Å²) in [6.45, 7) is 1.12. The number of amides is 1. The van der Waals surface area contributed by atoms with Crippen LogP contribution in [0, 0.1) is 0 Å². The molecule has 2 aromatic rings. The zero-order valence-corrected chi connectivity index (χ0v) is 12.8. The van der Waals surface area contributed by atoms with Crippen LogP contribution in [0.3, 0.4) is 0 Å². The highest BCUT2D eigenvalue weighted by Gasteiger charge is 2.14. The van der Waals surface area contributed by atoms with Crippen molar-refractivity contribution in [3.8, 4) is 0 Å². The van der Waals surface area contributed by atoms with Gasteiger partial charge in [0, 0.05) is 12.7 Å². The first-order valence-electron chi connectivity index (χ1n) is 8.17. The molecular formula is C17H23N3O2. The minimum absolute atomic E-state index is 0.0920. The molecule has 5 nitrogen and oxygen atoms in total. The SMILES string of the molecule is O=C(NCCOC1CCCCCC1)c1cnn2ccccc12. The lowest BCUT2D eigenvalue weighted by atomic mass is 10.1. The summed E-state index contributed by atoms with van der Waals surface area (Å²) in [7, 11) is 0. The molecule has 1 aliphatic carbocycles. The van der Waals surface area contributed by atoms with E-state index in [0.29, 0.717) is 24.8 Å². The highest BCUT2D eigenvalue weighted by Crippen LogP contribution is 2.19. The molecule has 2 aromatic heterocycles. The second kappa shape index (κ2) is 7.40. The van der Waals surface area contributed by atoms with Gasteiger partial charge >= 0.3 is 0 Å². The second-order valence-corrected chi connectivity index (χ2v) is 5.83. The first-order chi connectivity index (χ1) is 10.8. The zero-order chi connectivity index (χ0) is 15.2. The summed E-state index contributed by atoms with van der Waals surface area (Å²) < 4.78 is 7.59. The van der Waals surface area contributed by atoms with Crippen LogP contribution in [0.1, 0.15) is 48.9 Å². The molecule has 1 N–H and O–H groups in total. The van der Waals surface area contributed by atoms with Crippen LogP contribution in [0.5, 0.6) is 0 Å². The number of aromatic nitrogens is 2. The minimum Gasteiger partial charge on any atom is -0.376 e. The van der Waals surface area contributed by atoms with Gasteiger partial charge in [-0.25, -0.2) is 4.52 Å². The third-order valence-electron chi connectivity index (χ3n) is 4.21. The average Bonchev–Trinajstić information content (AvgIpc) is 2.80. The Morgan fingerprint density at radius 1 is 1.27 bits per heavy atom. The van der Waals surface area contributed by atoms with E-state index in [1.807, 2.05) is 24.4 Å². The number of ether oxygens (including phenoxy) is 1. The van der Waals surface area contributed by atoms with Gasteiger partial charge in [0.25, 0.3) is 5.91 Å². The van der Waals surface area contributed by atoms with Crippen molar-refractivity contribution < 1.29 is 9.53 Å². The minimum atomic E-state index is -0.0920. The van der Waals surface area contributed by atoms with Crippen molar-refractivity contribution in [1.29, 1.82) is 0 Å². The van der Waals surface area contributed by atoms with Crippen LogP contribution >= 0.6 is 0 Å². The van der Waals surface area contributed by atoms with Gasteiger partial charge in [0.15, 0.2) is 0 Å². The molecule has 0 unspecified atom stereocenters. The van der Waals surface area contributed by atoms with E-state index in [2.05, 4.69) is 10.4 Å². The molecular weight excluding hydrogens is 278 g/mol. The fraction of sp³-hybridized carbons (Fsp3) is 0.529. The Kier molecular flexibility index (Phi) is 5.06. The monoisotopic (exact) mass is 301 g/mol. The summed E-state index contributed by atoms with van der Waals surface area (Å²) in [6.07, 6.45) is 11.3. The third-order valence-corrected chi connectivity index (χ3v) is 4.21. The molecule has 0 spiro atoms. The summed E-state index contributed by atoms with van der Waals surface area (Å²) in [5, 5.41) is 7.09.